The van der Waals surface area contributed by atoms with Crippen molar-refractivity contribution in [3.05, 3.63) is 6.92 Å². The minimum Gasteiger partial charge on any atom is -0.0826 e. The maximum atomic E-state index is 3.83. The normalized spacial score (nSPS) is 13.9. The van der Waals surface area contributed by atoms with Gasteiger partial charge in [0.25, 0.3) is 0 Å². The fraction of sp³-hybridized carbons (Fsp3) is 0.857. The van der Waals surface area contributed by atoms with Gasteiger partial charge in [-0.05, 0) is 12.8 Å². The fourth-order valence-corrected chi connectivity index (χ4v) is 1.01. The molecule has 8 heavy (non-hydrogen) atoms. The van der Waals surface area contributed by atoms with Gasteiger partial charge in [0.05, 0.1) is 0 Å². The number of alkyl halides is 1. The average Bonchev–Trinajstić information content (AvgIpc) is 1.83. The molecule has 49 valence electrons. The molecule has 0 spiro atoms. The molecule has 0 nitrogen and oxygen atoms in total. The van der Waals surface area contributed by atoms with E-state index in [4.69, 9.17) is 0 Å². The number of unbranched alkanes of at least 4 members (excludes halogenated alkanes) is 1. The summed E-state index contributed by atoms with van der Waals surface area (Å²) in [5.74, 6) is 0. The SMILES string of the molecule is [CH2]CC(I)CCCC. The lowest BCUT2D eigenvalue weighted by molar-refractivity contribution is 0.702. The Kier molecular flexibility index (Phi) is 6.39. The van der Waals surface area contributed by atoms with Crippen molar-refractivity contribution in [1.82, 2.24) is 0 Å². The zero-order valence-electron chi connectivity index (χ0n) is 5.49. The molecule has 0 N–H and O–H groups in total. The first-order chi connectivity index (χ1) is 3.81. The molecule has 0 aliphatic rings. The Bertz CT molecular complexity index is 43.7. The predicted molar refractivity (Wildman–Crippen MR) is 47.3 cm³/mol. The Hall–Kier alpha value is 0.730. The lowest BCUT2D eigenvalue weighted by atomic mass is 10.2. The second-order valence-electron chi connectivity index (χ2n) is 2.03. The van der Waals surface area contributed by atoms with Crippen LogP contribution in [-0.2, 0) is 0 Å². The highest BCUT2D eigenvalue weighted by Crippen LogP contribution is 2.12. The molecule has 0 aliphatic heterocycles. The first-order valence-corrected chi connectivity index (χ1v) is 4.49. The standard InChI is InChI=1S/C7H14I/c1-3-5-6-7(8)4-2/h7H,2-6H2,1H3. The molecule has 0 rings (SSSR count). The number of hydrogen-bond acceptors (Lipinski definition) is 0. The molecule has 0 heterocycles. The lowest BCUT2D eigenvalue weighted by Gasteiger charge is -2.02. The molecule has 1 atom stereocenters. The van der Waals surface area contributed by atoms with Gasteiger partial charge < -0.3 is 0 Å². The zero-order chi connectivity index (χ0) is 6.41. The highest BCUT2D eigenvalue weighted by molar-refractivity contribution is 14.1. The summed E-state index contributed by atoms with van der Waals surface area (Å²) in [6.45, 7) is 6.06. The topological polar surface area (TPSA) is 0 Å². The largest absolute Gasteiger partial charge is 0.0826 e. The van der Waals surface area contributed by atoms with Crippen molar-refractivity contribution in [3.8, 4) is 0 Å². The smallest absolute Gasteiger partial charge is 0.0110 e. The lowest BCUT2D eigenvalue weighted by Crippen LogP contribution is -1.92. The van der Waals surface area contributed by atoms with Crippen LogP contribution >= 0.6 is 22.6 Å². The van der Waals surface area contributed by atoms with E-state index in [0.717, 1.165) is 10.3 Å². The number of rotatable bonds is 4. The van der Waals surface area contributed by atoms with E-state index in [0.29, 0.717) is 0 Å². The summed E-state index contributed by atoms with van der Waals surface area (Å²) < 4.78 is 0.813. The van der Waals surface area contributed by atoms with Crippen LogP contribution in [0.25, 0.3) is 0 Å². The molecule has 0 amide bonds. The van der Waals surface area contributed by atoms with Gasteiger partial charge in [-0.15, -0.1) is 0 Å². The van der Waals surface area contributed by atoms with Gasteiger partial charge in [0.2, 0.25) is 0 Å². The van der Waals surface area contributed by atoms with Crippen molar-refractivity contribution < 1.29 is 0 Å². The van der Waals surface area contributed by atoms with Crippen molar-refractivity contribution in [2.45, 2.75) is 36.5 Å². The van der Waals surface area contributed by atoms with Gasteiger partial charge in [0.1, 0.15) is 0 Å². The van der Waals surface area contributed by atoms with Crippen LogP contribution < -0.4 is 0 Å². The Morgan fingerprint density at radius 2 is 2.25 bits per heavy atom. The van der Waals surface area contributed by atoms with Gasteiger partial charge in [-0.1, -0.05) is 49.3 Å². The van der Waals surface area contributed by atoms with Crippen molar-refractivity contribution in [1.29, 1.82) is 0 Å². The molecule has 1 heteroatoms. The maximum absolute atomic E-state index is 3.83. The summed E-state index contributed by atoms with van der Waals surface area (Å²) in [6.07, 6.45) is 5.11. The van der Waals surface area contributed by atoms with Crippen molar-refractivity contribution in [3.63, 3.8) is 0 Å². The van der Waals surface area contributed by atoms with Crippen LogP contribution in [0.3, 0.4) is 0 Å². The van der Waals surface area contributed by atoms with Crippen molar-refractivity contribution >= 4 is 22.6 Å². The van der Waals surface area contributed by atoms with E-state index in [1.54, 1.807) is 0 Å². The van der Waals surface area contributed by atoms with Gasteiger partial charge in [0, 0.05) is 3.92 Å². The van der Waals surface area contributed by atoms with E-state index in [1.807, 2.05) is 0 Å². The highest BCUT2D eigenvalue weighted by atomic mass is 127. The van der Waals surface area contributed by atoms with Gasteiger partial charge in [0.15, 0.2) is 0 Å². The maximum Gasteiger partial charge on any atom is 0.0110 e. The summed E-state index contributed by atoms with van der Waals surface area (Å²) >= 11 is 2.47. The van der Waals surface area contributed by atoms with Crippen LogP contribution in [-0.4, -0.2) is 3.92 Å². The monoisotopic (exact) mass is 225 g/mol. The van der Waals surface area contributed by atoms with Gasteiger partial charge in [-0.2, -0.15) is 0 Å². The van der Waals surface area contributed by atoms with E-state index in [2.05, 4.69) is 36.4 Å². The van der Waals surface area contributed by atoms with Crippen molar-refractivity contribution in [2.75, 3.05) is 0 Å². The van der Waals surface area contributed by atoms with Gasteiger partial charge in [-0.25, -0.2) is 0 Å². The summed E-state index contributed by atoms with van der Waals surface area (Å²) in [4.78, 5) is 0. The van der Waals surface area contributed by atoms with E-state index in [9.17, 15) is 0 Å². The Labute approximate surface area is 66.2 Å². The summed E-state index contributed by atoms with van der Waals surface area (Å²) in [5, 5.41) is 0. The third-order valence-corrected chi connectivity index (χ3v) is 2.43. The molecule has 1 unspecified atom stereocenters. The molecule has 1 radical (unpaired) electrons. The molecule has 0 aromatic rings. The second kappa shape index (κ2) is 5.86. The number of hydrogen-bond donors (Lipinski definition) is 0. The summed E-state index contributed by atoms with van der Waals surface area (Å²) in [7, 11) is 0. The van der Waals surface area contributed by atoms with Crippen LogP contribution in [0.15, 0.2) is 0 Å². The Morgan fingerprint density at radius 1 is 1.62 bits per heavy atom. The van der Waals surface area contributed by atoms with Crippen LogP contribution in [0.5, 0.6) is 0 Å². The fourth-order valence-electron chi connectivity index (χ4n) is 0.570. The van der Waals surface area contributed by atoms with Gasteiger partial charge >= 0.3 is 0 Å². The van der Waals surface area contributed by atoms with Crippen LogP contribution in [0.2, 0.25) is 0 Å². The molecule has 0 aromatic carbocycles. The quantitative estimate of drug-likeness (QED) is 0.509. The average molecular weight is 225 g/mol. The molecular weight excluding hydrogens is 211 g/mol. The molecule has 0 aromatic heterocycles. The van der Waals surface area contributed by atoms with Gasteiger partial charge in [-0.3, -0.25) is 0 Å². The summed E-state index contributed by atoms with van der Waals surface area (Å²) in [5.41, 5.74) is 0. The molecule has 0 saturated carbocycles. The Morgan fingerprint density at radius 3 is 2.62 bits per heavy atom. The minimum absolute atomic E-state index is 0.813. The first-order valence-electron chi connectivity index (χ1n) is 3.24. The molecule has 0 bridgehead atoms. The predicted octanol–water partition coefficient (Wildman–Crippen LogP) is 3.20. The molecule has 0 saturated heterocycles. The summed E-state index contributed by atoms with van der Waals surface area (Å²) in [6, 6.07) is 0. The van der Waals surface area contributed by atoms with Crippen LogP contribution in [0.4, 0.5) is 0 Å². The van der Waals surface area contributed by atoms with Crippen LogP contribution in [0, 0.1) is 6.92 Å². The number of halogens is 1. The van der Waals surface area contributed by atoms with E-state index in [-0.39, 0.29) is 0 Å². The molecule has 0 aliphatic carbocycles. The third-order valence-electron chi connectivity index (χ3n) is 1.18. The first kappa shape index (κ1) is 8.73. The minimum atomic E-state index is 0.813. The highest BCUT2D eigenvalue weighted by Gasteiger charge is 1.96. The zero-order valence-corrected chi connectivity index (χ0v) is 7.65. The van der Waals surface area contributed by atoms with E-state index < -0.39 is 0 Å². The van der Waals surface area contributed by atoms with E-state index >= 15 is 0 Å². The Balaban J connectivity index is 2.86. The molecular formula is C7H14I. The van der Waals surface area contributed by atoms with Crippen molar-refractivity contribution in [2.24, 2.45) is 0 Å². The van der Waals surface area contributed by atoms with Crippen LogP contribution in [0.1, 0.15) is 32.6 Å². The third kappa shape index (κ3) is 4.88. The van der Waals surface area contributed by atoms with E-state index in [1.165, 1.54) is 19.3 Å². The second-order valence-corrected chi connectivity index (χ2v) is 3.79. The molecule has 0 fully saturated rings.